The molecule has 0 aliphatic heterocycles. The summed E-state index contributed by atoms with van der Waals surface area (Å²) in [5.74, 6) is 0.970. The summed E-state index contributed by atoms with van der Waals surface area (Å²) >= 11 is 0. The van der Waals surface area contributed by atoms with E-state index in [0.29, 0.717) is 6.04 Å². The summed E-state index contributed by atoms with van der Waals surface area (Å²) in [6.07, 6.45) is 5.47. The quantitative estimate of drug-likeness (QED) is 0.840. The summed E-state index contributed by atoms with van der Waals surface area (Å²) in [4.78, 5) is 2.47. The first-order valence-corrected chi connectivity index (χ1v) is 7.79. The zero-order valence-electron chi connectivity index (χ0n) is 13.3. The highest BCUT2D eigenvalue weighted by Crippen LogP contribution is 2.25. The van der Waals surface area contributed by atoms with Crippen molar-refractivity contribution in [3.05, 3.63) is 5.69 Å². The molecule has 0 bridgehead atoms. The van der Waals surface area contributed by atoms with Gasteiger partial charge in [0, 0.05) is 25.2 Å². The van der Waals surface area contributed by atoms with Gasteiger partial charge in [-0.25, -0.2) is 4.68 Å². The molecule has 20 heavy (non-hydrogen) atoms. The fourth-order valence-corrected chi connectivity index (χ4v) is 2.99. The zero-order valence-corrected chi connectivity index (χ0v) is 13.3. The number of nitrogens with zero attached hydrogens (tertiary/aromatic N) is 3. The number of likely N-dealkylation sites (N-methyl/N-ethyl adjacent to an activating group) is 1. The van der Waals surface area contributed by atoms with Crippen molar-refractivity contribution in [2.75, 3.05) is 31.2 Å². The maximum atomic E-state index is 6.12. The van der Waals surface area contributed by atoms with Gasteiger partial charge in [-0.05, 0) is 40.7 Å². The lowest BCUT2D eigenvalue weighted by Gasteiger charge is -2.24. The van der Waals surface area contributed by atoms with Gasteiger partial charge in [0.1, 0.15) is 5.82 Å². The summed E-state index contributed by atoms with van der Waals surface area (Å²) in [7, 11) is 2.23. The number of rotatable bonds is 6. The highest BCUT2D eigenvalue weighted by atomic mass is 15.4. The standard InChI is InChI=1S/C15H29N5/c1-11(2)20-15(14(16)12(3)18-20)17-9-10-19(4)13-7-5-6-8-13/h11,13,17H,5-10,16H2,1-4H3. The van der Waals surface area contributed by atoms with Gasteiger partial charge in [-0.3, -0.25) is 0 Å². The number of hydrogen-bond donors (Lipinski definition) is 2. The van der Waals surface area contributed by atoms with E-state index in [-0.39, 0.29) is 0 Å². The first-order valence-electron chi connectivity index (χ1n) is 7.79. The molecule has 0 saturated heterocycles. The Labute approximate surface area is 122 Å². The van der Waals surface area contributed by atoms with Crippen molar-refractivity contribution in [3.63, 3.8) is 0 Å². The normalized spacial score (nSPS) is 16.5. The Morgan fingerprint density at radius 2 is 2.05 bits per heavy atom. The Hall–Kier alpha value is -1.23. The van der Waals surface area contributed by atoms with Gasteiger partial charge < -0.3 is 16.0 Å². The van der Waals surface area contributed by atoms with E-state index in [1.807, 2.05) is 11.6 Å². The molecule has 1 fully saturated rings. The molecule has 1 aromatic rings. The van der Waals surface area contributed by atoms with Crippen LogP contribution in [-0.2, 0) is 0 Å². The fraction of sp³-hybridized carbons (Fsp3) is 0.800. The van der Waals surface area contributed by atoms with E-state index in [4.69, 9.17) is 5.73 Å². The van der Waals surface area contributed by atoms with E-state index in [0.717, 1.165) is 36.3 Å². The second-order valence-corrected chi connectivity index (χ2v) is 6.23. The van der Waals surface area contributed by atoms with Crippen molar-refractivity contribution in [1.29, 1.82) is 0 Å². The van der Waals surface area contributed by atoms with Crippen LogP contribution < -0.4 is 11.1 Å². The molecule has 0 spiro atoms. The second kappa shape index (κ2) is 6.48. The van der Waals surface area contributed by atoms with Crippen molar-refractivity contribution >= 4 is 11.5 Å². The second-order valence-electron chi connectivity index (χ2n) is 6.23. The molecule has 0 atom stereocenters. The first kappa shape index (κ1) is 15.2. The molecular weight excluding hydrogens is 250 g/mol. The molecule has 0 unspecified atom stereocenters. The average molecular weight is 279 g/mol. The molecule has 0 aromatic carbocycles. The Morgan fingerprint density at radius 1 is 1.40 bits per heavy atom. The van der Waals surface area contributed by atoms with Gasteiger partial charge in [-0.15, -0.1) is 0 Å². The average Bonchev–Trinajstić information content (AvgIpc) is 3.01. The van der Waals surface area contributed by atoms with Crippen LogP contribution in [0.5, 0.6) is 0 Å². The van der Waals surface area contributed by atoms with Gasteiger partial charge in [0.2, 0.25) is 0 Å². The number of nitrogen functional groups attached to an aromatic ring is 1. The molecule has 0 amide bonds. The summed E-state index contributed by atoms with van der Waals surface area (Å²) in [6.45, 7) is 8.18. The fourth-order valence-electron chi connectivity index (χ4n) is 2.99. The molecule has 1 aliphatic rings. The zero-order chi connectivity index (χ0) is 14.7. The van der Waals surface area contributed by atoms with E-state index in [1.165, 1.54) is 25.7 Å². The van der Waals surface area contributed by atoms with Gasteiger partial charge in [0.15, 0.2) is 0 Å². The highest BCUT2D eigenvalue weighted by Gasteiger charge is 2.19. The van der Waals surface area contributed by atoms with Crippen LogP contribution in [0, 0.1) is 6.92 Å². The smallest absolute Gasteiger partial charge is 0.148 e. The lowest BCUT2D eigenvalue weighted by atomic mass is 10.2. The van der Waals surface area contributed by atoms with Gasteiger partial charge in [0.05, 0.1) is 11.4 Å². The molecule has 5 nitrogen and oxygen atoms in total. The number of anilines is 2. The third kappa shape index (κ3) is 3.26. The predicted octanol–water partition coefficient (Wildman–Crippen LogP) is 2.64. The minimum Gasteiger partial charge on any atom is -0.394 e. The van der Waals surface area contributed by atoms with Crippen LogP contribution in [0.2, 0.25) is 0 Å². The van der Waals surface area contributed by atoms with E-state index in [9.17, 15) is 0 Å². The molecule has 2 rings (SSSR count). The summed E-state index contributed by atoms with van der Waals surface area (Å²) in [5, 5.41) is 7.97. The highest BCUT2D eigenvalue weighted by molar-refractivity contribution is 5.64. The third-order valence-corrected chi connectivity index (χ3v) is 4.33. The Balaban J connectivity index is 1.90. The van der Waals surface area contributed by atoms with Crippen LogP contribution in [0.4, 0.5) is 11.5 Å². The van der Waals surface area contributed by atoms with Crippen LogP contribution >= 0.6 is 0 Å². The monoisotopic (exact) mass is 279 g/mol. The summed E-state index contributed by atoms with van der Waals surface area (Å²) in [6, 6.07) is 1.09. The number of aryl methyl sites for hydroxylation is 1. The summed E-state index contributed by atoms with van der Waals surface area (Å²) in [5.41, 5.74) is 7.81. The van der Waals surface area contributed by atoms with Crippen LogP contribution in [0.25, 0.3) is 0 Å². The third-order valence-electron chi connectivity index (χ3n) is 4.33. The molecule has 114 valence electrons. The number of hydrogen-bond acceptors (Lipinski definition) is 4. The lowest BCUT2D eigenvalue weighted by Crippen LogP contribution is -2.33. The molecule has 5 heteroatoms. The SMILES string of the molecule is Cc1nn(C(C)C)c(NCCN(C)C2CCCC2)c1N. The Kier molecular flexibility index (Phi) is 4.91. The maximum absolute atomic E-state index is 6.12. The molecule has 1 saturated carbocycles. The first-order chi connectivity index (χ1) is 9.50. The van der Waals surface area contributed by atoms with Gasteiger partial charge >= 0.3 is 0 Å². The van der Waals surface area contributed by atoms with Crippen LogP contribution in [0.1, 0.15) is 51.3 Å². The van der Waals surface area contributed by atoms with E-state index >= 15 is 0 Å². The van der Waals surface area contributed by atoms with Crippen molar-refractivity contribution in [2.45, 2.75) is 58.5 Å². The maximum Gasteiger partial charge on any atom is 0.148 e. The van der Waals surface area contributed by atoms with Crippen molar-refractivity contribution in [3.8, 4) is 0 Å². The van der Waals surface area contributed by atoms with Gasteiger partial charge in [-0.1, -0.05) is 12.8 Å². The van der Waals surface area contributed by atoms with Crippen LogP contribution in [0.15, 0.2) is 0 Å². The molecule has 0 radical (unpaired) electrons. The Morgan fingerprint density at radius 3 is 2.65 bits per heavy atom. The topological polar surface area (TPSA) is 59.1 Å². The van der Waals surface area contributed by atoms with Crippen LogP contribution in [0.3, 0.4) is 0 Å². The van der Waals surface area contributed by atoms with Crippen molar-refractivity contribution < 1.29 is 0 Å². The molecule has 1 aliphatic carbocycles. The lowest BCUT2D eigenvalue weighted by molar-refractivity contribution is 0.254. The predicted molar refractivity (Wildman–Crippen MR) is 85.1 cm³/mol. The minimum atomic E-state index is 0.320. The van der Waals surface area contributed by atoms with Crippen molar-refractivity contribution in [2.24, 2.45) is 0 Å². The molecule has 1 aromatic heterocycles. The largest absolute Gasteiger partial charge is 0.394 e. The minimum absolute atomic E-state index is 0.320. The Bertz CT molecular complexity index is 432. The molecule has 1 heterocycles. The van der Waals surface area contributed by atoms with E-state index in [2.05, 4.69) is 36.2 Å². The summed E-state index contributed by atoms with van der Waals surface area (Å²) < 4.78 is 1.99. The molecular formula is C15H29N5. The number of nitrogens with one attached hydrogen (secondary N) is 1. The molecule has 3 N–H and O–H groups in total. The van der Waals surface area contributed by atoms with E-state index in [1.54, 1.807) is 0 Å². The van der Waals surface area contributed by atoms with Gasteiger partial charge in [0.25, 0.3) is 0 Å². The van der Waals surface area contributed by atoms with Crippen LogP contribution in [-0.4, -0.2) is 40.9 Å². The number of aromatic nitrogens is 2. The van der Waals surface area contributed by atoms with E-state index < -0.39 is 0 Å². The number of nitrogens with two attached hydrogens (primary N) is 1. The van der Waals surface area contributed by atoms with Crippen molar-refractivity contribution in [1.82, 2.24) is 14.7 Å². The van der Waals surface area contributed by atoms with Gasteiger partial charge in [-0.2, -0.15) is 5.10 Å².